The molecule has 0 aliphatic carbocycles. The van der Waals surface area contributed by atoms with Crippen LogP contribution in [-0.4, -0.2) is 75.5 Å². The number of carbonyl (C=O) groups excluding carboxylic acids is 1. The first-order chi connectivity index (χ1) is 17.3. The Morgan fingerprint density at radius 3 is 2.44 bits per heavy atom. The van der Waals surface area contributed by atoms with Crippen molar-refractivity contribution in [3.63, 3.8) is 0 Å². The van der Waals surface area contributed by atoms with E-state index in [1.165, 1.54) is 30.6 Å². The molecule has 0 saturated carbocycles. The molecular weight excluding hydrogens is 500 g/mol. The van der Waals surface area contributed by atoms with Crippen molar-refractivity contribution >= 4 is 38.5 Å². The number of rotatable bonds is 9. The average molecular weight is 531 g/mol. The summed E-state index contributed by atoms with van der Waals surface area (Å²) in [6.45, 7) is 4.10. The van der Waals surface area contributed by atoms with Crippen LogP contribution in [0.2, 0.25) is 0 Å². The molecule has 1 saturated heterocycles. The largest absolute Gasteiger partial charge is 0.497 e. The summed E-state index contributed by atoms with van der Waals surface area (Å²) in [5.74, 6) is -0.531. The smallest absolute Gasteiger partial charge is 0.276 e. The van der Waals surface area contributed by atoms with Crippen molar-refractivity contribution in [1.82, 2.24) is 15.3 Å². The lowest BCUT2D eigenvalue weighted by atomic mass is 10.0. The quantitative estimate of drug-likeness (QED) is 0.321. The Morgan fingerprint density at radius 1 is 1.11 bits per heavy atom. The number of hydroxylamine groups is 1. The lowest BCUT2D eigenvalue weighted by Crippen LogP contribution is -2.44. The second-order valence-electron chi connectivity index (χ2n) is 8.66. The van der Waals surface area contributed by atoms with E-state index in [2.05, 4.69) is 16.8 Å². The van der Waals surface area contributed by atoms with E-state index in [-0.39, 0.29) is 16.3 Å². The van der Waals surface area contributed by atoms with Crippen LogP contribution in [0.15, 0.2) is 64.2 Å². The molecule has 9 nitrogen and oxygen atoms in total. The molecule has 0 atom stereocenters. The molecule has 0 radical (unpaired) electrons. The lowest BCUT2D eigenvalue weighted by molar-refractivity contribution is 0.0706. The second-order valence-corrected chi connectivity index (χ2v) is 11.4. The van der Waals surface area contributed by atoms with E-state index in [1.54, 1.807) is 34.6 Å². The number of benzene rings is 2. The molecule has 0 spiro atoms. The normalized spacial score (nSPS) is 15.0. The van der Waals surface area contributed by atoms with Crippen molar-refractivity contribution in [2.75, 3.05) is 51.1 Å². The van der Waals surface area contributed by atoms with Gasteiger partial charge in [-0.25, -0.2) is 13.9 Å². The number of anilines is 2. The Bertz CT molecular complexity index is 1270. The lowest BCUT2D eigenvalue weighted by Gasteiger charge is -2.34. The highest BCUT2D eigenvalue weighted by atomic mass is 32.2. The third-order valence-corrected chi connectivity index (χ3v) is 8.52. The number of hydrogen-bond acceptors (Lipinski definition) is 9. The first-order valence-electron chi connectivity index (χ1n) is 11.5. The van der Waals surface area contributed by atoms with E-state index < -0.39 is 15.7 Å². The number of thiophene rings is 1. The van der Waals surface area contributed by atoms with Gasteiger partial charge in [0, 0.05) is 38.1 Å². The summed E-state index contributed by atoms with van der Waals surface area (Å²) < 4.78 is 32.3. The molecule has 2 N–H and O–H groups in total. The molecule has 3 aromatic rings. The highest BCUT2D eigenvalue weighted by Gasteiger charge is 2.28. The predicted octanol–water partition coefficient (Wildman–Crippen LogP) is 3.19. The van der Waals surface area contributed by atoms with Gasteiger partial charge in [0.05, 0.1) is 28.9 Å². The molecule has 2 heterocycles. The van der Waals surface area contributed by atoms with Gasteiger partial charge in [0.15, 0.2) is 9.84 Å². The van der Waals surface area contributed by atoms with Crippen LogP contribution in [0.25, 0.3) is 0 Å². The third-order valence-electron chi connectivity index (χ3n) is 6.26. The summed E-state index contributed by atoms with van der Waals surface area (Å²) in [6, 6.07) is 13.3. The molecule has 1 amide bonds. The van der Waals surface area contributed by atoms with Gasteiger partial charge in [-0.1, -0.05) is 12.1 Å². The number of hydrogen-bond donors (Lipinski definition) is 2. The molecule has 192 valence electrons. The van der Waals surface area contributed by atoms with E-state index in [0.29, 0.717) is 23.7 Å². The summed E-state index contributed by atoms with van der Waals surface area (Å²) in [5.41, 5.74) is 3.82. The minimum Gasteiger partial charge on any atom is -0.497 e. The minimum absolute atomic E-state index is 0.147. The molecule has 36 heavy (non-hydrogen) atoms. The van der Waals surface area contributed by atoms with Crippen molar-refractivity contribution in [1.29, 1.82) is 0 Å². The maximum Gasteiger partial charge on any atom is 0.276 e. The van der Waals surface area contributed by atoms with Gasteiger partial charge in [0.1, 0.15) is 11.6 Å². The monoisotopic (exact) mass is 530 g/mol. The van der Waals surface area contributed by atoms with Crippen LogP contribution in [0.4, 0.5) is 11.4 Å². The molecule has 4 rings (SSSR count). The summed E-state index contributed by atoms with van der Waals surface area (Å²) in [6.07, 6.45) is 0. The second kappa shape index (κ2) is 11.4. The Labute approximate surface area is 215 Å². The fourth-order valence-electron chi connectivity index (χ4n) is 4.23. The zero-order valence-corrected chi connectivity index (χ0v) is 21.9. The number of nitrogens with zero attached hydrogens (tertiary/aromatic N) is 3. The van der Waals surface area contributed by atoms with Crippen molar-refractivity contribution in [3.05, 3.63) is 70.4 Å². The van der Waals surface area contributed by atoms with Crippen LogP contribution in [0.5, 0.6) is 5.75 Å². The van der Waals surface area contributed by atoms with E-state index in [1.807, 2.05) is 22.9 Å². The fraction of sp³-hybridized carbons (Fsp3) is 0.320. The van der Waals surface area contributed by atoms with E-state index in [0.717, 1.165) is 31.7 Å². The summed E-state index contributed by atoms with van der Waals surface area (Å²) in [5, 5.41) is 13.2. The maximum absolute atomic E-state index is 13.6. The number of methoxy groups -OCH3 is 1. The van der Waals surface area contributed by atoms with Crippen molar-refractivity contribution in [2.45, 2.75) is 11.4 Å². The van der Waals surface area contributed by atoms with E-state index in [4.69, 9.17) is 4.74 Å². The summed E-state index contributed by atoms with van der Waals surface area (Å²) in [4.78, 5) is 19.1. The van der Waals surface area contributed by atoms with Crippen LogP contribution in [-0.2, 0) is 16.4 Å². The molecule has 1 fully saturated rings. The van der Waals surface area contributed by atoms with Gasteiger partial charge in [-0.05, 0) is 54.4 Å². The zero-order valence-electron chi connectivity index (χ0n) is 20.3. The van der Waals surface area contributed by atoms with Gasteiger partial charge in [-0.3, -0.25) is 14.9 Å². The van der Waals surface area contributed by atoms with Gasteiger partial charge in [0.25, 0.3) is 5.91 Å². The van der Waals surface area contributed by atoms with E-state index >= 15 is 0 Å². The molecule has 11 heteroatoms. The number of para-hydroxylation sites is 1. The minimum atomic E-state index is -3.80. The van der Waals surface area contributed by atoms with Crippen LogP contribution in [0, 0.1) is 0 Å². The molecule has 1 aliphatic heterocycles. The molecule has 1 aromatic heterocycles. The number of carbonyl (C=O) groups is 1. The van der Waals surface area contributed by atoms with Gasteiger partial charge >= 0.3 is 0 Å². The Kier molecular flexibility index (Phi) is 8.27. The maximum atomic E-state index is 13.6. The van der Waals surface area contributed by atoms with Gasteiger partial charge in [-0.2, -0.15) is 11.3 Å². The number of nitrogens with one attached hydrogen (secondary N) is 1. The van der Waals surface area contributed by atoms with Crippen molar-refractivity contribution in [2.24, 2.45) is 0 Å². The predicted molar refractivity (Wildman–Crippen MR) is 140 cm³/mol. The first-order valence-corrected chi connectivity index (χ1v) is 14.1. The van der Waals surface area contributed by atoms with Gasteiger partial charge < -0.3 is 14.5 Å². The number of sulfone groups is 1. The zero-order chi connectivity index (χ0) is 25.7. The van der Waals surface area contributed by atoms with Crippen LogP contribution < -0.4 is 15.1 Å². The third kappa shape index (κ3) is 5.88. The van der Waals surface area contributed by atoms with Gasteiger partial charge in [-0.15, -0.1) is 0 Å². The highest BCUT2D eigenvalue weighted by Crippen LogP contribution is 2.36. The van der Waals surface area contributed by atoms with Crippen LogP contribution >= 0.6 is 11.3 Å². The number of likely N-dealkylation sites (N-methyl/N-ethyl adjacent to an activating group) is 1. The number of ether oxygens (including phenoxy) is 1. The Morgan fingerprint density at radius 2 is 1.83 bits per heavy atom. The van der Waals surface area contributed by atoms with Crippen molar-refractivity contribution < 1.29 is 23.2 Å². The molecule has 0 bridgehead atoms. The first kappa shape index (κ1) is 26.1. The van der Waals surface area contributed by atoms with Crippen molar-refractivity contribution in [3.8, 4) is 5.75 Å². The Balaban J connectivity index is 1.78. The average Bonchev–Trinajstić information content (AvgIpc) is 3.43. The molecular formula is C25H30N4O5S2. The summed E-state index contributed by atoms with van der Waals surface area (Å²) in [7, 11) is -0.203. The molecule has 0 unspecified atom stereocenters. The summed E-state index contributed by atoms with van der Waals surface area (Å²) >= 11 is 1.43. The molecule has 2 aromatic carbocycles. The molecule has 1 aliphatic rings. The fourth-order valence-corrected chi connectivity index (χ4v) is 6.19. The number of piperazine rings is 1. The van der Waals surface area contributed by atoms with Gasteiger partial charge in [0.2, 0.25) is 0 Å². The Hall–Kier alpha value is -2.96. The standard InChI is InChI=1S/C25H30N4O5S2/c1-27-11-13-28(14-12-27)16-19-4-3-5-23(25(30)26-31)24(19)29(20-10-15-35-17-20)18-36(32,33)22-8-6-21(34-2)7-9-22/h3-10,15,17,31H,11-14,16,18H2,1-2H3,(H,26,30). The van der Waals surface area contributed by atoms with E-state index in [9.17, 15) is 18.4 Å². The number of amides is 1. The van der Waals surface area contributed by atoms with Crippen LogP contribution in [0.1, 0.15) is 15.9 Å². The highest BCUT2D eigenvalue weighted by molar-refractivity contribution is 7.91. The van der Waals surface area contributed by atoms with Crippen LogP contribution in [0.3, 0.4) is 0 Å². The topological polar surface area (TPSA) is 102 Å². The SMILES string of the molecule is COc1ccc(S(=O)(=O)CN(c2ccsc2)c2c(CN3CCN(C)CC3)cccc2C(=O)NO)cc1.